The first-order valence-electron chi connectivity index (χ1n) is 14.0. The molecule has 1 saturated heterocycles. The number of anilines is 2. The van der Waals surface area contributed by atoms with Gasteiger partial charge in [0.25, 0.3) is 0 Å². The maximum absolute atomic E-state index is 7.15. The Morgan fingerprint density at radius 3 is 2.51 bits per heavy atom. The minimum atomic E-state index is -0.779. The number of nitrogens with zero attached hydrogens (tertiary/aromatic N) is 3. The van der Waals surface area contributed by atoms with Gasteiger partial charge < -0.3 is 19.0 Å². The van der Waals surface area contributed by atoms with Crippen molar-refractivity contribution >= 4 is 57.4 Å². The molecule has 7 rings (SSSR count). The van der Waals surface area contributed by atoms with Crippen molar-refractivity contribution in [2.45, 2.75) is 51.2 Å². The number of ether oxygens (including phenoxy) is 1. The molecule has 4 aromatic rings. The standard InChI is InChI=1S/C34H35N3O2/c1-6-13-24-22(7-2)27(37-16-11-8-12-17-37)19-31-32(24)35-21-34(39-31)33(3,4)26-18-25-23-14-9-10-15-29(23)38-30(25)20-28(26)36(34)5/h6-7,9-10,13-15,18-21H,2,8,11-12,16-17H2,1,3-5H3/b13-6-. The highest BCUT2D eigenvalue weighted by Crippen LogP contribution is 2.56. The highest BCUT2D eigenvalue weighted by molar-refractivity contribution is 6.07. The summed E-state index contributed by atoms with van der Waals surface area (Å²) < 4.78 is 13.4. The highest BCUT2D eigenvalue weighted by atomic mass is 16.5. The van der Waals surface area contributed by atoms with E-state index >= 15 is 0 Å². The van der Waals surface area contributed by atoms with Crippen molar-refractivity contribution < 1.29 is 9.15 Å². The molecule has 3 aliphatic rings. The quantitative estimate of drug-likeness (QED) is 0.273. The summed E-state index contributed by atoms with van der Waals surface area (Å²) in [6, 6.07) is 14.9. The zero-order chi connectivity index (χ0) is 26.9. The molecule has 198 valence electrons. The fourth-order valence-corrected chi connectivity index (χ4v) is 6.95. The van der Waals surface area contributed by atoms with Crippen LogP contribution in [0.3, 0.4) is 0 Å². The van der Waals surface area contributed by atoms with Crippen molar-refractivity contribution in [1.29, 1.82) is 0 Å². The second-order valence-electron chi connectivity index (χ2n) is 11.5. The topological polar surface area (TPSA) is 41.2 Å². The molecule has 0 aliphatic carbocycles. The van der Waals surface area contributed by atoms with Crippen LogP contribution in [0, 0.1) is 0 Å². The molecule has 5 nitrogen and oxygen atoms in total. The third kappa shape index (κ3) is 3.22. The van der Waals surface area contributed by atoms with Crippen LogP contribution < -0.4 is 14.5 Å². The molecular formula is C34H35N3O2. The molecule has 0 bridgehead atoms. The molecule has 0 N–H and O–H groups in total. The summed E-state index contributed by atoms with van der Waals surface area (Å²) in [6.07, 6.45) is 11.9. The van der Waals surface area contributed by atoms with Gasteiger partial charge in [0.15, 0.2) is 5.75 Å². The fraction of sp³-hybridized carbons (Fsp3) is 0.324. The van der Waals surface area contributed by atoms with Gasteiger partial charge in [0.05, 0.1) is 11.6 Å². The lowest BCUT2D eigenvalue weighted by Crippen LogP contribution is -2.61. The van der Waals surface area contributed by atoms with Crippen LogP contribution in [0.2, 0.25) is 0 Å². The molecule has 39 heavy (non-hydrogen) atoms. The van der Waals surface area contributed by atoms with Crippen molar-refractivity contribution in [2.24, 2.45) is 4.99 Å². The SMILES string of the molecule is C=Cc1c(N2CCCCC2)cc2c(c1/C=C\C)N=CC1(O2)N(C)c2cc3oc4ccccc4c3cc2C1(C)C. The van der Waals surface area contributed by atoms with Crippen molar-refractivity contribution in [2.75, 3.05) is 29.9 Å². The van der Waals surface area contributed by atoms with E-state index in [-0.39, 0.29) is 5.41 Å². The van der Waals surface area contributed by atoms with Gasteiger partial charge in [-0.1, -0.05) is 43.0 Å². The number of likely N-dealkylation sites (N-methyl/N-ethyl adjacent to an activating group) is 1. The van der Waals surface area contributed by atoms with Gasteiger partial charge in [0.1, 0.15) is 16.9 Å². The Balaban J connectivity index is 1.40. The summed E-state index contributed by atoms with van der Waals surface area (Å²) in [7, 11) is 2.11. The van der Waals surface area contributed by atoms with E-state index in [4.69, 9.17) is 14.1 Å². The van der Waals surface area contributed by atoms with E-state index in [0.29, 0.717) is 0 Å². The molecule has 0 saturated carbocycles. The molecule has 1 aromatic heterocycles. The first kappa shape index (κ1) is 24.1. The van der Waals surface area contributed by atoms with Gasteiger partial charge in [-0.05, 0) is 57.7 Å². The van der Waals surface area contributed by atoms with Gasteiger partial charge in [-0.25, -0.2) is 0 Å². The maximum Gasteiger partial charge on any atom is 0.228 e. The number of allylic oxidation sites excluding steroid dienone is 1. The molecule has 5 heteroatoms. The van der Waals surface area contributed by atoms with E-state index < -0.39 is 5.72 Å². The van der Waals surface area contributed by atoms with Crippen molar-refractivity contribution in [3.63, 3.8) is 0 Å². The maximum atomic E-state index is 7.15. The molecule has 1 spiro atoms. The van der Waals surface area contributed by atoms with Crippen LogP contribution in [0.25, 0.3) is 34.1 Å². The first-order chi connectivity index (χ1) is 18.9. The fourth-order valence-electron chi connectivity index (χ4n) is 6.95. The van der Waals surface area contributed by atoms with Crippen LogP contribution in [0.15, 0.2) is 64.5 Å². The molecule has 4 heterocycles. The summed E-state index contributed by atoms with van der Waals surface area (Å²) in [5.41, 5.74) is 7.22. The van der Waals surface area contributed by atoms with Gasteiger partial charge in [0, 0.05) is 65.5 Å². The van der Waals surface area contributed by atoms with Gasteiger partial charge >= 0.3 is 0 Å². The number of furan rings is 1. The van der Waals surface area contributed by atoms with Crippen LogP contribution in [0.5, 0.6) is 5.75 Å². The van der Waals surface area contributed by atoms with Gasteiger partial charge in [-0.3, -0.25) is 4.99 Å². The Morgan fingerprint density at radius 2 is 1.74 bits per heavy atom. The lowest BCUT2D eigenvalue weighted by atomic mass is 9.77. The summed E-state index contributed by atoms with van der Waals surface area (Å²) >= 11 is 0. The molecule has 3 aliphatic heterocycles. The van der Waals surface area contributed by atoms with Gasteiger partial charge in [0.2, 0.25) is 5.72 Å². The van der Waals surface area contributed by atoms with E-state index in [1.807, 2.05) is 31.3 Å². The number of hydrogen-bond donors (Lipinski definition) is 0. The Labute approximate surface area is 230 Å². The zero-order valence-corrected chi connectivity index (χ0v) is 23.3. The molecular weight excluding hydrogens is 482 g/mol. The summed E-state index contributed by atoms with van der Waals surface area (Å²) in [6.45, 7) is 12.9. The number of benzene rings is 3. The van der Waals surface area contributed by atoms with E-state index in [0.717, 1.165) is 63.3 Å². The molecule has 0 amide bonds. The summed E-state index contributed by atoms with van der Waals surface area (Å²) in [5, 5.41) is 2.27. The van der Waals surface area contributed by atoms with Crippen molar-refractivity contribution in [3.8, 4) is 5.75 Å². The number of aliphatic imine (C=N–C) groups is 1. The first-order valence-corrected chi connectivity index (χ1v) is 14.0. The minimum absolute atomic E-state index is 0.381. The van der Waals surface area contributed by atoms with Crippen molar-refractivity contribution in [1.82, 2.24) is 0 Å². The molecule has 1 unspecified atom stereocenters. The van der Waals surface area contributed by atoms with Crippen LogP contribution >= 0.6 is 0 Å². The lowest BCUT2D eigenvalue weighted by Gasteiger charge is -2.45. The average molecular weight is 518 g/mol. The van der Waals surface area contributed by atoms with E-state index in [1.165, 1.54) is 30.5 Å². The molecule has 1 atom stereocenters. The Hall–Kier alpha value is -3.99. The van der Waals surface area contributed by atoms with Crippen molar-refractivity contribution in [3.05, 3.63) is 71.8 Å². The average Bonchev–Trinajstić information content (AvgIpc) is 3.39. The second kappa shape index (κ2) is 8.51. The molecule has 1 fully saturated rings. The predicted molar refractivity (Wildman–Crippen MR) is 164 cm³/mol. The van der Waals surface area contributed by atoms with E-state index in [9.17, 15) is 0 Å². The number of fused-ring (bicyclic) bond motifs is 5. The van der Waals surface area contributed by atoms with Crippen LogP contribution in [0.4, 0.5) is 17.1 Å². The lowest BCUT2D eigenvalue weighted by molar-refractivity contribution is 0.0825. The predicted octanol–water partition coefficient (Wildman–Crippen LogP) is 8.47. The number of hydrogen-bond acceptors (Lipinski definition) is 5. The molecule has 0 radical (unpaired) electrons. The Kier molecular flexibility index (Phi) is 5.25. The minimum Gasteiger partial charge on any atom is -0.459 e. The zero-order valence-electron chi connectivity index (χ0n) is 23.3. The van der Waals surface area contributed by atoms with E-state index in [1.54, 1.807) is 0 Å². The summed E-state index contributed by atoms with van der Waals surface area (Å²) in [4.78, 5) is 9.87. The van der Waals surface area contributed by atoms with Gasteiger partial charge in [-0.15, -0.1) is 0 Å². The number of rotatable bonds is 3. The molecule has 3 aromatic carbocycles. The number of para-hydroxylation sites is 1. The summed E-state index contributed by atoms with van der Waals surface area (Å²) in [5.74, 6) is 0.818. The largest absolute Gasteiger partial charge is 0.459 e. The Bertz CT molecular complexity index is 1700. The third-order valence-corrected chi connectivity index (χ3v) is 9.11. The van der Waals surface area contributed by atoms with E-state index in [2.05, 4.69) is 79.8 Å². The highest BCUT2D eigenvalue weighted by Gasteiger charge is 2.59. The normalized spacial score (nSPS) is 21.6. The third-order valence-electron chi connectivity index (χ3n) is 9.11. The smallest absolute Gasteiger partial charge is 0.228 e. The Morgan fingerprint density at radius 1 is 0.949 bits per heavy atom. The monoisotopic (exact) mass is 517 g/mol. The van der Waals surface area contributed by atoms with Gasteiger partial charge in [-0.2, -0.15) is 0 Å². The van der Waals surface area contributed by atoms with Crippen LogP contribution in [-0.4, -0.2) is 32.1 Å². The second-order valence-corrected chi connectivity index (χ2v) is 11.5. The number of piperidine rings is 1. The van der Waals surface area contributed by atoms with Crippen LogP contribution in [-0.2, 0) is 5.41 Å². The van der Waals surface area contributed by atoms with Crippen LogP contribution in [0.1, 0.15) is 56.7 Å².